The molecule has 0 saturated heterocycles. The highest BCUT2D eigenvalue weighted by atomic mass is 32.2. The zero-order valence-corrected chi connectivity index (χ0v) is 25.3. The quantitative estimate of drug-likeness (QED) is 0.217. The van der Waals surface area contributed by atoms with E-state index in [1.165, 1.54) is 30.5 Å². The Morgan fingerprint density at radius 3 is 2.30 bits per heavy atom. The van der Waals surface area contributed by atoms with Gasteiger partial charge >= 0.3 is 0 Å². The Morgan fingerprint density at radius 2 is 1.61 bits per heavy atom. The van der Waals surface area contributed by atoms with Crippen LogP contribution in [0.4, 0.5) is 0 Å². The number of hydrogen-bond donors (Lipinski definition) is 4. The minimum absolute atomic E-state index is 0.00543. The van der Waals surface area contributed by atoms with Crippen molar-refractivity contribution in [3.05, 3.63) is 136 Å². The molecule has 2 amide bonds. The van der Waals surface area contributed by atoms with Crippen molar-refractivity contribution >= 4 is 27.4 Å². The van der Waals surface area contributed by atoms with Gasteiger partial charge in [0, 0.05) is 35.9 Å². The fourth-order valence-corrected chi connectivity index (χ4v) is 7.53. The summed E-state index contributed by atoms with van der Waals surface area (Å²) in [6.45, 7) is -0.0949. The molecule has 0 bridgehead atoms. The number of hydrogen-bond acceptors (Lipinski definition) is 8. The van der Waals surface area contributed by atoms with Gasteiger partial charge in [0.15, 0.2) is 15.6 Å². The summed E-state index contributed by atoms with van der Waals surface area (Å²) in [7, 11) is -4.21. The molecule has 4 aromatic rings. The van der Waals surface area contributed by atoms with Crippen LogP contribution in [0.25, 0.3) is 11.1 Å². The van der Waals surface area contributed by atoms with E-state index in [0.717, 1.165) is 16.0 Å². The number of Topliss-reactive ketones (excluding diaryl/α,β-unsaturated/α-hetero) is 1. The van der Waals surface area contributed by atoms with Crippen molar-refractivity contribution < 1.29 is 27.9 Å². The first-order chi connectivity index (χ1) is 22.1. The number of aromatic nitrogens is 1. The predicted octanol–water partition coefficient (Wildman–Crippen LogP) is 2.65. The van der Waals surface area contributed by atoms with E-state index in [4.69, 9.17) is 0 Å². The first kappa shape index (κ1) is 30.5. The summed E-state index contributed by atoms with van der Waals surface area (Å²) in [5.41, 5.74) is 2.39. The highest BCUT2D eigenvalue weighted by Gasteiger charge is 2.49. The van der Waals surface area contributed by atoms with E-state index in [-0.39, 0.29) is 42.0 Å². The maximum atomic E-state index is 14.4. The molecule has 46 heavy (non-hydrogen) atoms. The number of aromatic amines is 1. The normalized spacial score (nSPS) is 16.6. The molecule has 3 aromatic carbocycles. The molecule has 2 atom stereocenters. The number of phenols is 1. The van der Waals surface area contributed by atoms with Crippen molar-refractivity contribution in [2.45, 2.75) is 30.0 Å². The smallest absolute Gasteiger partial charge is 0.252 e. The lowest BCUT2D eigenvalue weighted by molar-refractivity contribution is -0.133. The zero-order chi connectivity index (χ0) is 32.4. The van der Waals surface area contributed by atoms with E-state index in [1.807, 2.05) is 30.3 Å². The maximum Gasteiger partial charge on any atom is 0.252 e. The van der Waals surface area contributed by atoms with Crippen LogP contribution in [0.2, 0.25) is 0 Å². The van der Waals surface area contributed by atoms with Gasteiger partial charge in [0.1, 0.15) is 22.9 Å². The number of rotatable bonds is 9. The number of carbonyl (C=O) groups is 3. The summed E-state index contributed by atoms with van der Waals surface area (Å²) < 4.78 is 27.6. The van der Waals surface area contributed by atoms with Crippen LogP contribution < -0.4 is 16.2 Å². The Hall–Kier alpha value is -5.49. The van der Waals surface area contributed by atoms with Gasteiger partial charge in [0.25, 0.3) is 17.4 Å². The molecule has 0 spiro atoms. The number of sulfone groups is 1. The van der Waals surface area contributed by atoms with Crippen molar-refractivity contribution in [3.8, 4) is 16.9 Å². The second-order valence-corrected chi connectivity index (χ2v) is 13.3. The average Bonchev–Trinajstić information content (AvgIpc) is 3.63. The van der Waals surface area contributed by atoms with Crippen LogP contribution >= 0.6 is 0 Å². The van der Waals surface area contributed by atoms with Crippen LogP contribution in [0, 0.1) is 0 Å². The van der Waals surface area contributed by atoms with Crippen LogP contribution in [0.5, 0.6) is 5.75 Å². The van der Waals surface area contributed by atoms with E-state index < -0.39 is 50.2 Å². The number of ketones is 1. The Bertz CT molecular complexity index is 2000. The van der Waals surface area contributed by atoms with Crippen molar-refractivity contribution in [3.63, 3.8) is 0 Å². The van der Waals surface area contributed by atoms with Crippen LogP contribution in [-0.2, 0) is 31.6 Å². The van der Waals surface area contributed by atoms with E-state index in [1.54, 1.807) is 36.4 Å². The van der Waals surface area contributed by atoms with E-state index >= 15 is 0 Å². The molecule has 6 rings (SSSR count). The van der Waals surface area contributed by atoms with Crippen LogP contribution in [0.3, 0.4) is 0 Å². The molecular weight excluding hydrogens is 608 g/mol. The summed E-state index contributed by atoms with van der Waals surface area (Å²) in [5.74, 6) is -2.47. The number of H-pyrrole nitrogens is 1. The Kier molecular flexibility index (Phi) is 8.29. The molecule has 4 N–H and O–H groups in total. The van der Waals surface area contributed by atoms with Gasteiger partial charge in [-0.1, -0.05) is 60.7 Å². The summed E-state index contributed by atoms with van der Waals surface area (Å²) in [5, 5.41) is 14.0. The number of phenolic OH excluding ortho intramolecular Hbond substituents is 1. The predicted molar refractivity (Wildman–Crippen MR) is 170 cm³/mol. The summed E-state index contributed by atoms with van der Waals surface area (Å²) in [4.78, 5) is 56.7. The Balaban J connectivity index is 1.33. The van der Waals surface area contributed by atoms with Crippen molar-refractivity contribution in [2.75, 3.05) is 6.54 Å². The molecule has 0 radical (unpaired) electrons. The number of benzene rings is 3. The van der Waals surface area contributed by atoms with Crippen LogP contribution in [0.15, 0.2) is 113 Å². The monoisotopic (exact) mass is 638 g/mol. The van der Waals surface area contributed by atoms with Gasteiger partial charge in [0.05, 0.1) is 12.3 Å². The van der Waals surface area contributed by atoms with E-state index in [9.17, 15) is 32.7 Å². The number of nitrogens with zero attached hydrogens (tertiary/aromatic N) is 1. The summed E-state index contributed by atoms with van der Waals surface area (Å²) in [6, 6.07) is 24.1. The molecule has 0 aliphatic carbocycles. The number of nitrogens with one attached hydrogen (secondary N) is 3. The van der Waals surface area contributed by atoms with Gasteiger partial charge in [-0.05, 0) is 47.0 Å². The number of carbonyl (C=O) groups excluding carboxylic acids is 3. The molecule has 0 fully saturated rings. The lowest BCUT2D eigenvalue weighted by atomic mass is 10.0. The summed E-state index contributed by atoms with van der Waals surface area (Å²) in [6.07, 6.45) is 1.16. The standard InChI is InChI=1S/C34H30N4O7S/c39-26-14-8-21(9-15-26)17-28(37-33(42)24-12-10-23(11-13-24)22-5-2-1-3-6-22)34(43)38-30(18-27-31(38)29(40)19-36-27)46(44,45)20-25-7-4-16-35-32(25)41/h1-16,28,30,36,39H,17-20H2,(H,35,41)(H,37,42). The van der Waals surface area contributed by atoms with Gasteiger partial charge < -0.3 is 20.7 Å². The molecule has 0 saturated carbocycles. The summed E-state index contributed by atoms with van der Waals surface area (Å²) >= 11 is 0. The third-order valence-electron chi connectivity index (χ3n) is 8.06. The van der Waals surface area contributed by atoms with E-state index in [2.05, 4.69) is 15.6 Å². The third kappa shape index (κ3) is 6.20. The topological polar surface area (TPSA) is 166 Å². The number of aromatic hydroxyl groups is 1. The third-order valence-corrected chi connectivity index (χ3v) is 9.98. The second kappa shape index (κ2) is 12.5. The van der Waals surface area contributed by atoms with Gasteiger partial charge in [-0.3, -0.25) is 24.1 Å². The lowest BCUT2D eigenvalue weighted by Crippen LogP contribution is -2.53. The average molecular weight is 639 g/mol. The first-order valence-corrected chi connectivity index (χ1v) is 16.3. The van der Waals surface area contributed by atoms with Crippen LogP contribution in [-0.4, -0.2) is 59.0 Å². The molecule has 234 valence electrons. The second-order valence-electron chi connectivity index (χ2n) is 11.1. The minimum atomic E-state index is -4.21. The van der Waals surface area contributed by atoms with Crippen LogP contribution in [0.1, 0.15) is 27.9 Å². The highest BCUT2D eigenvalue weighted by molar-refractivity contribution is 7.91. The van der Waals surface area contributed by atoms with Gasteiger partial charge in [-0.25, -0.2) is 8.42 Å². The molecular formula is C34H30N4O7S. The lowest BCUT2D eigenvalue weighted by Gasteiger charge is -2.30. The fourth-order valence-electron chi connectivity index (χ4n) is 5.73. The minimum Gasteiger partial charge on any atom is -0.508 e. The first-order valence-electron chi connectivity index (χ1n) is 14.6. The SMILES string of the molecule is O=C1CNC2=C1N(C(=O)C(Cc1ccc(O)cc1)NC(=O)c1ccc(-c3ccccc3)cc1)C(S(=O)(=O)Cc1ccc[nH]c1=O)C2. The molecule has 1 aromatic heterocycles. The molecule has 2 aliphatic heterocycles. The van der Waals surface area contributed by atoms with Gasteiger partial charge in [-0.2, -0.15) is 0 Å². The van der Waals surface area contributed by atoms with Crippen molar-refractivity contribution in [1.82, 2.24) is 20.5 Å². The van der Waals surface area contributed by atoms with Gasteiger partial charge in [0.2, 0.25) is 0 Å². The molecule has 2 aliphatic rings. The zero-order valence-electron chi connectivity index (χ0n) is 24.5. The Morgan fingerprint density at radius 1 is 0.913 bits per heavy atom. The van der Waals surface area contributed by atoms with Gasteiger partial charge in [-0.15, -0.1) is 0 Å². The molecule has 12 heteroatoms. The Labute approximate surface area is 264 Å². The molecule has 3 heterocycles. The van der Waals surface area contributed by atoms with Crippen molar-refractivity contribution in [1.29, 1.82) is 0 Å². The maximum absolute atomic E-state index is 14.4. The largest absolute Gasteiger partial charge is 0.508 e. The molecule has 11 nitrogen and oxygen atoms in total. The highest BCUT2D eigenvalue weighted by Crippen LogP contribution is 2.36. The van der Waals surface area contributed by atoms with Crippen molar-refractivity contribution in [2.24, 2.45) is 0 Å². The number of amides is 2. The molecule has 2 unspecified atom stereocenters. The fraction of sp³-hybridized carbons (Fsp3) is 0.176. The number of pyridine rings is 1. The van der Waals surface area contributed by atoms with E-state index in [0.29, 0.717) is 11.3 Å².